The molecule has 2 aromatic carbocycles. The Labute approximate surface area is 138 Å². The molecular formula is C16H12Cl2N2O2. The maximum atomic E-state index is 12.2. The predicted molar refractivity (Wildman–Crippen MR) is 86.3 cm³/mol. The third-order valence-electron chi connectivity index (χ3n) is 2.89. The molecule has 0 spiro atoms. The van der Waals surface area contributed by atoms with Crippen LogP contribution in [0.25, 0.3) is 0 Å². The molecule has 0 saturated heterocycles. The van der Waals surface area contributed by atoms with Crippen molar-refractivity contribution in [2.75, 3.05) is 5.32 Å². The van der Waals surface area contributed by atoms with Crippen LogP contribution in [0.2, 0.25) is 10.0 Å². The van der Waals surface area contributed by atoms with Gasteiger partial charge in [0, 0.05) is 0 Å². The van der Waals surface area contributed by atoms with Gasteiger partial charge in [-0.05, 0) is 31.2 Å². The number of carbonyl (C=O) groups excluding carboxylic acids is 1. The Kier molecular flexibility index (Phi) is 5.26. The summed E-state index contributed by atoms with van der Waals surface area (Å²) in [5.41, 5.74) is 0.770. The van der Waals surface area contributed by atoms with Crippen LogP contribution < -0.4 is 10.1 Å². The number of nitrogens with one attached hydrogen (secondary N) is 1. The fourth-order valence-corrected chi connectivity index (χ4v) is 2.09. The van der Waals surface area contributed by atoms with E-state index >= 15 is 0 Å². The zero-order valence-electron chi connectivity index (χ0n) is 11.6. The minimum Gasteiger partial charge on any atom is -0.480 e. The summed E-state index contributed by atoms with van der Waals surface area (Å²) in [7, 11) is 0. The van der Waals surface area contributed by atoms with Gasteiger partial charge in [0.05, 0.1) is 21.3 Å². The summed E-state index contributed by atoms with van der Waals surface area (Å²) in [6, 6.07) is 13.7. The van der Waals surface area contributed by atoms with E-state index in [0.29, 0.717) is 22.0 Å². The third-order valence-corrected chi connectivity index (χ3v) is 3.71. The molecule has 0 aliphatic rings. The van der Waals surface area contributed by atoms with E-state index in [-0.39, 0.29) is 5.02 Å². The molecule has 0 unspecified atom stereocenters. The van der Waals surface area contributed by atoms with Crippen molar-refractivity contribution in [1.82, 2.24) is 0 Å². The fraction of sp³-hybridized carbons (Fsp3) is 0.125. The average molecular weight is 335 g/mol. The molecule has 0 saturated carbocycles. The molecule has 1 amide bonds. The molecule has 0 aliphatic carbocycles. The summed E-state index contributed by atoms with van der Waals surface area (Å²) in [4.78, 5) is 12.2. The fourth-order valence-electron chi connectivity index (χ4n) is 1.74. The Balaban J connectivity index is 2.10. The second-order valence-corrected chi connectivity index (χ2v) is 5.24. The third kappa shape index (κ3) is 3.70. The number of halogens is 2. The Morgan fingerprint density at radius 2 is 1.95 bits per heavy atom. The predicted octanol–water partition coefficient (Wildman–Crippen LogP) is 4.27. The molecule has 0 fully saturated rings. The highest BCUT2D eigenvalue weighted by Crippen LogP contribution is 2.29. The number of carbonyl (C=O) groups is 1. The number of ether oxygens (including phenoxy) is 1. The second-order valence-electron chi connectivity index (χ2n) is 4.46. The highest BCUT2D eigenvalue weighted by Gasteiger charge is 2.18. The van der Waals surface area contributed by atoms with Crippen molar-refractivity contribution < 1.29 is 9.53 Å². The zero-order valence-corrected chi connectivity index (χ0v) is 13.2. The van der Waals surface area contributed by atoms with E-state index in [0.717, 1.165) is 0 Å². The molecule has 1 atom stereocenters. The number of rotatable bonds is 4. The molecule has 4 nitrogen and oxygen atoms in total. The van der Waals surface area contributed by atoms with Crippen LogP contribution in [-0.4, -0.2) is 12.0 Å². The van der Waals surface area contributed by atoms with Crippen LogP contribution in [0.15, 0.2) is 42.5 Å². The lowest BCUT2D eigenvalue weighted by molar-refractivity contribution is -0.122. The lowest BCUT2D eigenvalue weighted by Crippen LogP contribution is -2.30. The van der Waals surface area contributed by atoms with E-state index < -0.39 is 12.0 Å². The highest BCUT2D eigenvalue weighted by atomic mass is 35.5. The molecule has 0 heterocycles. The van der Waals surface area contributed by atoms with Gasteiger partial charge in [0.2, 0.25) is 0 Å². The summed E-state index contributed by atoms with van der Waals surface area (Å²) in [6.07, 6.45) is -0.801. The SMILES string of the molecule is C[C@H](Oc1ccccc1C#N)C(=O)Nc1cccc(Cl)c1Cl. The number of benzene rings is 2. The molecule has 0 aliphatic heterocycles. The Morgan fingerprint density at radius 3 is 2.68 bits per heavy atom. The van der Waals surface area contributed by atoms with E-state index in [9.17, 15) is 4.79 Å². The quantitative estimate of drug-likeness (QED) is 0.907. The Bertz CT molecular complexity index is 741. The minimum absolute atomic E-state index is 0.266. The van der Waals surface area contributed by atoms with Gasteiger partial charge in [0.15, 0.2) is 6.10 Å². The van der Waals surface area contributed by atoms with Crippen LogP contribution in [0.5, 0.6) is 5.75 Å². The van der Waals surface area contributed by atoms with Gasteiger partial charge in [-0.2, -0.15) is 5.26 Å². The monoisotopic (exact) mass is 334 g/mol. The van der Waals surface area contributed by atoms with E-state index in [1.165, 1.54) is 0 Å². The molecule has 22 heavy (non-hydrogen) atoms. The van der Waals surface area contributed by atoms with Gasteiger partial charge in [-0.3, -0.25) is 4.79 Å². The number of hydrogen-bond donors (Lipinski definition) is 1. The highest BCUT2D eigenvalue weighted by molar-refractivity contribution is 6.44. The first-order chi connectivity index (χ1) is 10.5. The summed E-state index contributed by atoms with van der Waals surface area (Å²) >= 11 is 11.9. The number of nitrogens with zero attached hydrogens (tertiary/aromatic N) is 1. The normalized spacial score (nSPS) is 11.4. The van der Waals surface area contributed by atoms with Crippen molar-refractivity contribution in [2.24, 2.45) is 0 Å². The van der Waals surface area contributed by atoms with E-state index in [4.69, 9.17) is 33.2 Å². The summed E-state index contributed by atoms with van der Waals surface area (Å²) < 4.78 is 5.53. The van der Waals surface area contributed by atoms with Gasteiger partial charge in [-0.25, -0.2) is 0 Å². The van der Waals surface area contributed by atoms with Gasteiger partial charge >= 0.3 is 0 Å². The van der Waals surface area contributed by atoms with Gasteiger partial charge in [0.1, 0.15) is 11.8 Å². The van der Waals surface area contributed by atoms with Crippen LogP contribution in [0.1, 0.15) is 12.5 Å². The van der Waals surface area contributed by atoms with Crippen molar-refractivity contribution in [3.05, 3.63) is 58.1 Å². The Morgan fingerprint density at radius 1 is 1.23 bits per heavy atom. The van der Waals surface area contributed by atoms with Crippen LogP contribution in [0.3, 0.4) is 0 Å². The van der Waals surface area contributed by atoms with Gasteiger partial charge in [-0.15, -0.1) is 0 Å². The van der Waals surface area contributed by atoms with Crippen molar-refractivity contribution in [2.45, 2.75) is 13.0 Å². The molecule has 0 radical (unpaired) electrons. The maximum Gasteiger partial charge on any atom is 0.265 e. The van der Waals surface area contributed by atoms with Gasteiger partial charge in [-0.1, -0.05) is 41.4 Å². The Hall–Kier alpha value is -2.22. The number of anilines is 1. The minimum atomic E-state index is -0.801. The largest absolute Gasteiger partial charge is 0.480 e. The topological polar surface area (TPSA) is 62.1 Å². The van der Waals surface area contributed by atoms with Crippen LogP contribution in [0, 0.1) is 11.3 Å². The zero-order chi connectivity index (χ0) is 16.1. The summed E-state index contributed by atoms with van der Waals surface area (Å²) in [5.74, 6) is -0.0400. The number of amides is 1. The second kappa shape index (κ2) is 7.17. The molecule has 1 N–H and O–H groups in total. The molecule has 2 aromatic rings. The van der Waals surface area contributed by atoms with Gasteiger partial charge in [0.25, 0.3) is 5.91 Å². The van der Waals surface area contributed by atoms with E-state index in [2.05, 4.69) is 5.32 Å². The standard InChI is InChI=1S/C16H12Cl2N2O2/c1-10(22-14-8-3-2-5-11(14)9-19)16(21)20-13-7-4-6-12(17)15(13)18/h2-8,10H,1H3,(H,20,21)/t10-/m0/s1. The van der Waals surface area contributed by atoms with Gasteiger partial charge < -0.3 is 10.1 Å². The maximum absolute atomic E-state index is 12.2. The van der Waals surface area contributed by atoms with Crippen molar-refractivity contribution in [3.8, 4) is 11.8 Å². The number of hydrogen-bond acceptors (Lipinski definition) is 3. The lowest BCUT2D eigenvalue weighted by atomic mass is 10.2. The molecular weight excluding hydrogens is 323 g/mol. The summed E-state index contributed by atoms with van der Waals surface area (Å²) in [5, 5.41) is 12.3. The smallest absolute Gasteiger partial charge is 0.265 e. The number of nitriles is 1. The lowest BCUT2D eigenvalue weighted by Gasteiger charge is -2.16. The van der Waals surface area contributed by atoms with Crippen LogP contribution in [-0.2, 0) is 4.79 Å². The summed E-state index contributed by atoms with van der Waals surface area (Å²) in [6.45, 7) is 1.59. The number of para-hydroxylation sites is 1. The molecule has 2 rings (SSSR count). The first kappa shape index (κ1) is 16.2. The molecule has 0 bridgehead atoms. The van der Waals surface area contributed by atoms with Crippen LogP contribution in [0.4, 0.5) is 5.69 Å². The van der Waals surface area contributed by atoms with Crippen molar-refractivity contribution >= 4 is 34.8 Å². The first-order valence-corrected chi connectivity index (χ1v) is 7.19. The van der Waals surface area contributed by atoms with E-state index in [1.54, 1.807) is 49.4 Å². The van der Waals surface area contributed by atoms with E-state index in [1.807, 2.05) is 6.07 Å². The van der Waals surface area contributed by atoms with Crippen molar-refractivity contribution in [3.63, 3.8) is 0 Å². The van der Waals surface area contributed by atoms with Crippen molar-refractivity contribution in [1.29, 1.82) is 5.26 Å². The molecule has 0 aromatic heterocycles. The average Bonchev–Trinajstić information content (AvgIpc) is 2.52. The van der Waals surface area contributed by atoms with Crippen LogP contribution >= 0.6 is 23.2 Å². The molecule has 6 heteroatoms. The first-order valence-electron chi connectivity index (χ1n) is 6.43. The molecule has 112 valence electrons.